The Kier molecular flexibility index (Phi) is 3.96. The first-order valence-corrected chi connectivity index (χ1v) is 5.03. The highest BCUT2D eigenvalue weighted by Crippen LogP contribution is 2.25. The number of methoxy groups -OCH3 is 1. The largest absolute Gasteiger partial charge is 0.496 e. The highest BCUT2D eigenvalue weighted by Gasteiger charge is 2.06. The van der Waals surface area contributed by atoms with Crippen molar-refractivity contribution in [1.82, 2.24) is 0 Å². The van der Waals surface area contributed by atoms with Gasteiger partial charge < -0.3 is 10.5 Å². The maximum absolute atomic E-state index is 5.50. The summed E-state index contributed by atoms with van der Waals surface area (Å²) < 4.78 is 5.39. The van der Waals surface area contributed by atoms with Gasteiger partial charge in [0.05, 0.1) is 7.11 Å². The van der Waals surface area contributed by atoms with Crippen LogP contribution in [0.1, 0.15) is 23.1 Å². The second kappa shape index (κ2) is 5.01. The van der Waals surface area contributed by atoms with E-state index in [1.165, 1.54) is 16.7 Å². The van der Waals surface area contributed by atoms with E-state index in [1.54, 1.807) is 7.11 Å². The molecule has 78 valence electrons. The molecule has 0 amide bonds. The van der Waals surface area contributed by atoms with Gasteiger partial charge >= 0.3 is 0 Å². The minimum Gasteiger partial charge on any atom is -0.496 e. The van der Waals surface area contributed by atoms with Gasteiger partial charge in [0.1, 0.15) is 5.75 Å². The first-order valence-electron chi connectivity index (χ1n) is 5.03. The van der Waals surface area contributed by atoms with E-state index in [4.69, 9.17) is 10.5 Å². The van der Waals surface area contributed by atoms with Crippen molar-refractivity contribution in [3.05, 3.63) is 28.8 Å². The van der Waals surface area contributed by atoms with Gasteiger partial charge in [-0.05, 0) is 44.4 Å². The molecule has 0 unspecified atom stereocenters. The summed E-state index contributed by atoms with van der Waals surface area (Å²) in [6.07, 6.45) is 2.02. The second-order valence-corrected chi connectivity index (χ2v) is 3.67. The molecular weight excluding hydrogens is 174 g/mol. The summed E-state index contributed by atoms with van der Waals surface area (Å²) in [6.45, 7) is 4.92. The van der Waals surface area contributed by atoms with Crippen LogP contribution in [0.5, 0.6) is 5.75 Å². The summed E-state index contributed by atoms with van der Waals surface area (Å²) in [7, 11) is 1.73. The minimum absolute atomic E-state index is 0.732. The Morgan fingerprint density at radius 1 is 1.29 bits per heavy atom. The fourth-order valence-corrected chi connectivity index (χ4v) is 1.81. The third-order valence-corrected chi connectivity index (χ3v) is 2.35. The summed E-state index contributed by atoms with van der Waals surface area (Å²) in [5.41, 5.74) is 9.27. The van der Waals surface area contributed by atoms with Crippen molar-refractivity contribution in [1.29, 1.82) is 0 Å². The van der Waals surface area contributed by atoms with Crippen molar-refractivity contribution in [3.8, 4) is 5.75 Å². The zero-order valence-corrected chi connectivity index (χ0v) is 9.26. The molecule has 2 nitrogen and oxygen atoms in total. The summed E-state index contributed by atoms with van der Waals surface area (Å²) >= 11 is 0. The summed E-state index contributed by atoms with van der Waals surface area (Å²) in [5, 5.41) is 0. The van der Waals surface area contributed by atoms with Crippen molar-refractivity contribution >= 4 is 0 Å². The van der Waals surface area contributed by atoms with Crippen LogP contribution >= 0.6 is 0 Å². The van der Waals surface area contributed by atoms with Gasteiger partial charge in [-0.15, -0.1) is 0 Å². The lowest BCUT2D eigenvalue weighted by molar-refractivity contribution is 0.406. The Labute approximate surface area is 86.1 Å². The molecule has 0 aliphatic heterocycles. The number of rotatable bonds is 4. The SMILES string of the molecule is COc1c(C)cc(C)cc1CCCN. The quantitative estimate of drug-likeness (QED) is 0.795. The Morgan fingerprint density at radius 3 is 2.57 bits per heavy atom. The third-order valence-electron chi connectivity index (χ3n) is 2.35. The predicted octanol–water partition coefficient (Wildman–Crippen LogP) is 2.20. The van der Waals surface area contributed by atoms with E-state index in [1.807, 2.05) is 0 Å². The van der Waals surface area contributed by atoms with Crippen LogP contribution in [-0.4, -0.2) is 13.7 Å². The minimum atomic E-state index is 0.732. The molecule has 2 N–H and O–H groups in total. The van der Waals surface area contributed by atoms with Crippen molar-refractivity contribution in [2.45, 2.75) is 26.7 Å². The van der Waals surface area contributed by atoms with Gasteiger partial charge in [0.15, 0.2) is 0 Å². The first-order chi connectivity index (χ1) is 6.69. The van der Waals surface area contributed by atoms with Crippen molar-refractivity contribution < 1.29 is 4.74 Å². The molecule has 1 aromatic rings. The maximum atomic E-state index is 5.50. The van der Waals surface area contributed by atoms with E-state index < -0.39 is 0 Å². The van der Waals surface area contributed by atoms with E-state index in [-0.39, 0.29) is 0 Å². The monoisotopic (exact) mass is 193 g/mol. The molecule has 0 aromatic heterocycles. The third kappa shape index (κ3) is 2.48. The van der Waals surface area contributed by atoms with E-state index >= 15 is 0 Å². The fourth-order valence-electron chi connectivity index (χ4n) is 1.81. The van der Waals surface area contributed by atoms with Crippen molar-refractivity contribution in [3.63, 3.8) is 0 Å². The first kappa shape index (κ1) is 11.1. The molecule has 0 radical (unpaired) electrons. The van der Waals surface area contributed by atoms with Crippen molar-refractivity contribution in [2.24, 2.45) is 5.73 Å². The predicted molar refractivity (Wildman–Crippen MR) is 59.8 cm³/mol. The van der Waals surface area contributed by atoms with E-state index in [0.717, 1.165) is 25.1 Å². The summed E-state index contributed by atoms with van der Waals surface area (Å²) in [5.74, 6) is 1.02. The summed E-state index contributed by atoms with van der Waals surface area (Å²) in [4.78, 5) is 0. The van der Waals surface area contributed by atoms with Gasteiger partial charge in [-0.1, -0.05) is 17.7 Å². The fraction of sp³-hybridized carbons (Fsp3) is 0.500. The molecule has 0 spiro atoms. The van der Waals surface area contributed by atoms with Crippen LogP contribution in [0.2, 0.25) is 0 Å². The Balaban J connectivity index is 2.99. The van der Waals surface area contributed by atoms with Crippen LogP contribution in [0.3, 0.4) is 0 Å². The van der Waals surface area contributed by atoms with E-state index in [9.17, 15) is 0 Å². The van der Waals surface area contributed by atoms with Crippen LogP contribution in [0, 0.1) is 13.8 Å². The maximum Gasteiger partial charge on any atom is 0.124 e. The molecule has 0 aliphatic carbocycles. The molecular formula is C12H19NO. The average Bonchev–Trinajstić information content (AvgIpc) is 2.14. The molecule has 2 heteroatoms. The number of benzene rings is 1. The van der Waals surface area contributed by atoms with Crippen LogP contribution < -0.4 is 10.5 Å². The molecule has 0 aliphatic rings. The van der Waals surface area contributed by atoms with Gasteiger partial charge in [-0.25, -0.2) is 0 Å². The molecule has 0 saturated carbocycles. The standard InChI is InChI=1S/C12H19NO/c1-9-7-10(2)12(14-3)11(8-9)5-4-6-13/h7-8H,4-6,13H2,1-3H3. The van der Waals surface area contributed by atoms with Crippen LogP contribution in [0.15, 0.2) is 12.1 Å². The molecule has 0 atom stereocenters. The normalized spacial score (nSPS) is 10.3. The number of ether oxygens (including phenoxy) is 1. The number of hydrogen-bond acceptors (Lipinski definition) is 2. The van der Waals surface area contributed by atoms with Gasteiger partial charge in [0.2, 0.25) is 0 Å². The molecule has 1 aromatic carbocycles. The number of hydrogen-bond donors (Lipinski definition) is 1. The summed E-state index contributed by atoms with van der Waals surface area (Å²) in [6, 6.07) is 4.33. The topological polar surface area (TPSA) is 35.2 Å². The lowest BCUT2D eigenvalue weighted by atomic mass is 10.0. The van der Waals surface area contributed by atoms with Crippen LogP contribution in [0.4, 0.5) is 0 Å². The highest BCUT2D eigenvalue weighted by atomic mass is 16.5. The molecule has 0 saturated heterocycles. The van der Waals surface area contributed by atoms with Gasteiger partial charge in [-0.2, -0.15) is 0 Å². The van der Waals surface area contributed by atoms with E-state index in [0.29, 0.717) is 0 Å². The van der Waals surface area contributed by atoms with Crippen molar-refractivity contribution in [2.75, 3.05) is 13.7 Å². The average molecular weight is 193 g/mol. The van der Waals surface area contributed by atoms with Gasteiger partial charge in [-0.3, -0.25) is 0 Å². The van der Waals surface area contributed by atoms with E-state index in [2.05, 4.69) is 26.0 Å². The van der Waals surface area contributed by atoms with Crippen LogP contribution in [-0.2, 0) is 6.42 Å². The van der Waals surface area contributed by atoms with Crippen LogP contribution in [0.25, 0.3) is 0 Å². The molecule has 1 rings (SSSR count). The van der Waals surface area contributed by atoms with Gasteiger partial charge in [0.25, 0.3) is 0 Å². The zero-order valence-electron chi connectivity index (χ0n) is 9.26. The lowest BCUT2D eigenvalue weighted by Crippen LogP contribution is -2.02. The number of aryl methyl sites for hydroxylation is 3. The Morgan fingerprint density at radius 2 is 2.00 bits per heavy atom. The van der Waals surface area contributed by atoms with Gasteiger partial charge in [0, 0.05) is 0 Å². The Hall–Kier alpha value is -1.02. The zero-order chi connectivity index (χ0) is 10.6. The lowest BCUT2D eigenvalue weighted by Gasteiger charge is -2.12. The second-order valence-electron chi connectivity index (χ2n) is 3.67. The molecule has 0 bridgehead atoms. The molecule has 14 heavy (non-hydrogen) atoms. The Bertz CT molecular complexity index is 307. The number of nitrogens with two attached hydrogens (primary N) is 1. The molecule has 0 fully saturated rings. The molecule has 0 heterocycles. The smallest absolute Gasteiger partial charge is 0.124 e. The highest BCUT2D eigenvalue weighted by molar-refractivity contribution is 5.43.